The quantitative estimate of drug-likeness (QED) is 0.388. The van der Waals surface area contributed by atoms with Crippen molar-refractivity contribution in [1.82, 2.24) is 0 Å². The zero-order chi connectivity index (χ0) is 16.0. The highest BCUT2D eigenvalue weighted by Gasteiger charge is 2.13. The highest BCUT2D eigenvalue weighted by Crippen LogP contribution is 2.31. The normalized spacial score (nSPS) is 12.1. The maximum Gasteiger partial charge on any atom is 0.134 e. The molecule has 0 N–H and O–H groups in total. The van der Waals surface area contributed by atoms with Gasteiger partial charge in [-0.2, -0.15) is 0 Å². The summed E-state index contributed by atoms with van der Waals surface area (Å²) in [4.78, 5) is 0. The van der Waals surface area contributed by atoms with E-state index >= 15 is 0 Å². The van der Waals surface area contributed by atoms with Crippen LogP contribution in [-0.2, 0) is 5.41 Å². The largest absolute Gasteiger partial charge is 0.464 e. The summed E-state index contributed by atoms with van der Waals surface area (Å²) in [6.07, 6.45) is 1.75. The number of furan rings is 1. The zero-order valence-electron chi connectivity index (χ0n) is 13.8. The van der Waals surface area contributed by atoms with Crippen molar-refractivity contribution < 1.29 is 4.42 Å². The third-order valence-electron chi connectivity index (χ3n) is 4.54. The van der Waals surface area contributed by atoms with Gasteiger partial charge in [-0.3, -0.25) is 0 Å². The van der Waals surface area contributed by atoms with Gasteiger partial charge in [-0.05, 0) is 51.1 Å². The lowest BCUT2D eigenvalue weighted by Gasteiger charge is -2.19. The summed E-state index contributed by atoms with van der Waals surface area (Å²) in [5.41, 5.74) is 5.00. The standard InChI is InChI=1S/C22H20O/c1-22(2,3)18-8-4-15(5-9-18)16-6-10-19-17(14-16)7-11-21-20(19)12-13-23-21/h4-14H,1-3H3. The molecule has 23 heavy (non-hydrogen) atoms. The molecule has 0 saturated heterocycles. The van der Waals surface area contributed by atoms with Crippen LogP contribution in [0, 0.1) is 0 Å². The molecule has 0 spiro atoms. The first-order valence-corrected chi connectivity index (χ1v) is 8.03. The Balaban J connectivity index is 1.81. The molecule has 1 heteroatoms. The molecule has 0 bridgehead atoms. The van der Waals surface area contributed by atoms with E-state index in [1.54, 1.807) is 6.26 Å². The van der Waals surface area contributed by atoms with E-state index in [-0.39, 0.29) is 5.41 Å². The van der Waals surface area contributed by atoms with Gasteiger partial charge in [-0.1, -0.05) is 63.2 Å². The molecule has 0 unspecified atom stereocenters. The Kier molecular flexibility index (Phi) is 3.05. The molecule has 0 radical (unpaired) electrons. The fraction of sp³-hybridized carbons (Fsp3) is 0.182. The summed E-state index contributed by atoms with van der Waals surface area (Å²) in [6.45, 7) is 6.73. The van der Waals surface area contributed by atoms with Gasteiger partial charge in [0, 0.05) is 5.39 Å². The Morgan fingerprint density at radius 2 is 1.43 bits per heavy atom. The highest BCUT2D eigenvalue weighted by atomic mass is 16.3. The Morgan fingerprint density at radius 1 is 0.696 bits per heavy atom. The van der Waals surface area contributed by atoms with E-state index in [1.165, 1.54) is 32.8 Å². The lowest BCUT2D eigenvalue weighted by atomic mass is 9.86. The Bertz CT molecular complexity index is 982. The van der Waals surface area contributed by atoms with Gasteiger partial charge < -0.3 is 4.42 Å². The van der Waals surface area contributed by atoms with Crippen LogP contribution < -0.4 is 0 Å². The van der Waals surface area contributed by atoms with E-state index in [4.69, 9.17) is 4.42 Å². The van der Waals surface area contributed by atoms with Gasteiger partial charge in [0.05, 0.1) is 6.26 Å². The minimum Gasteiger partial charge on any atom is -0.464 e. The number of rotatable bonds is 1. The van der Waals surface area contributed by atoms with Crippen molar-refractivity contribution in [2.75, 3.05) is 0 Å². The number of hydrogen-bond acceptors (Lipinski definition) is 1. The fourth-order valence-electron chi connectivity index (χ4n) is 3.13. The molecule has 0 aliphatic carbocycles. The molecule has 4 rings (SSSR count). The maximum atomic E-state index is 5.49. The van der Waals surface area contributed by atoms with Crippen LogP contribution >= 0.6 is 0 Å². The lowest BCUT2D eigenvalue weighted by Crippen LogP contribution is -2.10. The molecular formula is C22H20O. The molecule has 4 aromatic rings. The summed E-state index contributed by atoms with van der Waals surface area (Å²) in [5, 5.41) is 3.67. The van der Waals surface area contributed by atoms with Crippen LogP contribution in [0.15, 0.2) is 71.3 Å². The molecule has 114 valence electrons. The van der Waals surface area contributed by atoms with E-state index in [2.05, 4.69) is 69.3 Å². The fourth-order valence-corrected chi connectivity index (χ4v) is 3.13. The van der Waals surface area contributed by atoms with Gasteiger partial charge in [-0.15, -0.1) is 0 Å². The smallest absolute Gasteiger partial charge is 0.134 e. The van der Waals surface area contributed by atoms with Crippen LogP contribution in [0.5, 0.6) is 0 Å². The predicted octanol–water partition coefficient (Wildman–Crippen LogP) is 6.55. The first-order chi connectivity index (χ1) is 11.0. The van der Waals surface area contributed by atoms with Gasteiger partial charge in [0.2, 0.25) is 0 Å². The van der Waals surface area contributed by atoms with Crippen LogP contribution in [0.4, 0.5) is 0 Å². The minimum absolute atomic E-state index is 0.189. The van der Waals surface area contributed by atoms with Crippen LogP contribution in [0.1, 0.15) is 26.3 Å². The monoisotopic (exact) mass is 300 g/mol. The first kappa shape index (κ1) is 14.1. The second kappa shape index (κ2) is 4.99. The molecular weight excluding hydrogens is 280 g/mol. The number of benzene rings is 3. The van der Waals surface area contributed by atoms with Gasteiger partial charge in [0.1, 0.15) is 5.58 Å². The predicted molar refractivity (Wildman–Crippen MR) is 97.9 cm³/mol. The van der Waals surface area contributed by atoms with Crippen LogP contribution in [0.2, 0.25) is 0 Å². The molecule has 0 saturated carbocycles. The lowest BCUT2D eigenvalue weighted by molar-refractivity contribution is 0.590. The maximum absolute atomic E-state index is 5.49. The molecule has 0 amide bonds. The SMILES string of the molecule is CC(C)(C)c1ccc(-c2ccc3c(ccc4occc43)c2)cc1. The van der Waals surface area contributed by atoms with Gasteiger partial charge in [-0.25, -0.2) is 0 Å². The average molecular weight is 300 g/mol. The number of hydrogen-bond donors (Lipinski definition) is 0. The number of fused-ring (bicyclic) bond motifs is 3. The van der Waals surface area contributed by atoms with Gasteiger partial charge >= 0.3 is 0 Å². The molecule has 0 aliphatic rings. The van der Waals surface area contributed by atoms with Gasteiger partial charge in [0.15, 0.2) is 0 Å². The van der Waals surface area contributed by atoms with E-state index in [9.17, 15) is 0 Å². The summed E-state index contributed by atoms with van der Waals surface area (Å²) in [6, 6.07) is 21.8. The van der Waals surface area contributed by atoms with Gasteiger partial charge in [0.25, 0.3) is 0 Å². The Labute approximate surface area is 136 Å². The second-order valence-electron chi connectivity index (χ2n) is 7.16. The van der Waals surface area contributed by atoms with Crippen molar-refractivity contribution in [3.8, 4) is 11.1 Å². The summed E-state index contributed by atoms with van der Waals surface area (Å²) >= 11 is 0. The van der Waals surface area contributed by atoms with Crippen molar-refractivity contribution in [2.45, 2.75) is 26.2 Å². The van der Waals surface area contributed by atoms with Crippen LogP contribution in [0.25, 0.3) is 32.9 Å². The van der Waals surface area contributed by atoms with Crippen molar-refractivity contribution >= 4 is 21.7 Å². The second-order valence-corrected chi connectivity index (χ2v) is 7.16. The molecule has 3 aromatic carbocycles. The zero-order valence-corrected chi connectivity index (χ0v) is 13.8. The molecule has 1 aromatic heterocycles. The molecule has 1 nitrogen and oxygen atoms in total. The topological polar surface area (TPSA) is 13.1 Å². The van der Waals surface area contributed by atoms with Crippen molar-refractivity contribution in [3.63, 3.8) is 0 Å². The summed E-state index contributed by atoms with van der Waals surface area (Å²) < 4.78 is 5.49. The van der Waals surface area contributed by atoms with E-state index < -0.39 is 0 Å². The van der Waals surface area contributed by atoms with Crippen molar-refractivity contribution in [1.29, 1.82) is 0 Å². The summed E-state index contributed by atoms with van der Waals surface area (Å²) in [5.74, 6) is 0. The Hall–Kier alpha value is -2.54. The van der Waals surface area contributed by atoms with E-state index in [0.29, 0.717) is 0 Å². The van der Waals surface area contributed by atoms with Crippen molar-refractivity contribution in [2.24, 2.45) is 0 Å². The van der Waals surface area contributed by atoms with Crippen LogP contribution in [0.3, 0.4) is 0 Å². The highest BCUT2D eigenvalue weighted by molar-refractivity contribution is 6.06. The van der Waals surface area contributed by atoms with E-state index in [0.717, 1.165) is 5.58 Å². The molecule has 1 heterocycles. The minimum atomic E-state index is 0.189. The van der Waals surface area contributed by atoms with Crippen LogP contribution in [-0.4, -0.2) is 0 Å². The Morgan fingerprint density at radius 3 is 2.17 bits per heavy atom. The summed E-state index contributed by atoms with van der Waals surface area (Å²) in [7, 11) is 0. The third kappa shape index (κ3) is 2.43. The molecule has 0 atom stereocenters. The first-order valence-electron chi connectivity index (χ1n) is 8.03. The molecule has 0 aliphatic heterocycles. The van der Waals surface area contributed by atoms with Crippen molar-refractivity contribution in [3.05, 3.63) is 72.5 Å². The van der Waals surface area contributed by atoms with E-state index in [1.807, 2.05) is 12.1 Å². The third-order valence-corrected chi connectivity index (χ3v) is 4.54. The average Bonchev–Trinajstić information content (AvgIpc) is 3.02. The molecule has 0 fully saturated rings.